The summed E-state index contributed by atoms with van der Waals surface area (Å²) in [6, 6.07) is 15.0. The van der Waals surface area contributed by atoms with Crippen LogP contribution in [0.15, 0.2) is 65.1 Å². The molecule has 0 atom stereocenters. The molecule has 4 aromatic rings. The van der Waals surface area contributed by atoms with E-state index in [0.717, 1.165) is 0 Å². The Kier molecular flexibility index (Phi) is 8.55. The van der Waals surface area contributed by atoms with E-state index in [9.17, 15) is 22.4 Å². The molecule has 0 saturated heterocycles. The molecule has 1 heterocycles. The van der Waals surface area contributed by atoms with Crippen molar-refractivity contribution in [2.24, 2.45) is 0 Å². The molecular weight excluding hydrogens is 539 g/mol. The second-order valence-electron chi connectivity index (χ2n) is 9.28. The second-order valence-corrected chi connectivity index (χ2v) is 11.1. The molecule has 3 aromatic carbocycles. The molecule has 0 aliphatic carbocycles. The first kappa shape index (κ1) is 28.8. The number of methoxy groups -OCH3 is 1. The van der Waals surface area contributed by atoms with Crippen molar-refractivity contribution in [3.05, 3.63) is 88.7 Å². The number of benzene rings is 3. The zero-order chi connectivity index (χ0) is 29.0. The molecule has 0 aliphatic rings. The molecule has 11 heteroatoms. The number of rotatable bonds is 10. The lowest BCUT2D eigenvalue weighted by atomic mass is 10.0. The van der Waals surface area contributed by atoms with E-state index in [4.69, 9.17) is 9.15 Å². The van der Waals surface area contributed by atoms with Gasteiger partial charge >= 0.3 is 5.97 Å². The van der Waals surface area contributed by atoms with Gasteiger partial charge in [0.2, 0.25) is 10.0 Å². The van der Waals surface area contributed by atoms with Crippen molar-refractivity contribution >= 4 is 32.9 Å². The first-order chi connectivity index (χ1) is 19.0. The maximum Gasteiger partial charge on any atom is 0.337 e. The minimum absolute atomic E-state index is 0.00267. The standard InChI is InChI=1S/C29H29FN2O7S/c1-17(2)38-24-14-23-25(39-27(26(23)28(33)31-3)19-9-11-22(30)12-10-19)13-21(24)16-40(35,36)32-15-18-5-7-20(8-6-18)29(34)37-4/h5-14,17,32H,15-16H2,1-4H3,(H,31,33). The third-order valence-electron chi connectivity index (χ3n) is 6.01. The van der Waals surface area contributed by atoms with Gasteiger partial charge in [0.05, 0.1) is 30.1 Å². The SMILES string of the molecule is CNC(=O)c1c(-c2ccc(F)cc2)oc2cc(CS(=O)(=O)NCc3ccc(C(=O)OC)cc3)c(OC(C)C)cc12. The van der Waals surface area contributed by atoms with Crippen molar-refractivity contribution in [1.82, 2.24) is 10.0 Å². The third kappa shape index (κ3) is 6.49. The van der Waals surface area contributed by atoms with Gasteiger partial charge in [-0.15, -0.1) is 0 Å². The topological polar surface area (TPSA) is 124 Å². The maximum atomic E-state index is 13.5. The van der Waals surface area contributed by atoms with E-state index in [2.05, 4.69) is 14.8 Å². The Morgan fingerprint density at radius 2 is 1.70 bits per heavy atom. The molecule has 4 rings (SSSR count). The monoisotopic (exact) mass is 568 g/mol. The lowest BCUT2D eigenvalue weighted by molar-refractivity contribution is 0.0600. The van der Waals surface area contributed by atoms with Crippen molar-refractivity contribution in [1.29, 1.82) is 0 Å². The molecule has 9 nitrogen and oxygen atoms in total. The molecule has 0 bridgehead atoms. The summed E-state index contributed by atoms with van der Waals surface area (Å²) in [4.78, 5) is 24.5. The van der Waals surface area contributed by atoms with Crippen LogP contribution in [0, 0.1) is 5.82 Å². The molecule has 0 spiro atoms. The summed E-state index contributed by atoms with van der Waals surface area (Å²) in [7, 11) is -1.09. The van der Waals surface area contributed by atoms with Crippen LogP contribution in [0.1, 0.15) is 45.7 Å². The number of nitrogens with one attached hydrogen (secondary N) is 2. The van der Waals surface area contributed by atoms with Crippen LogP contribution >= 0.6 is 0 Å². The predicted molar refractivity (Wildman–Crippen MR) is 148 cm³/mol. The van der Waals surface area contributed by atoms with Crippen LogP contribution in [0.4, 0.5) is 4.39 Å². The van der Waals surface area contributed by atoms with Gasteiger partial charge in [-0.2, -0.15) is 0 Å². The van der Waals surface area contributed by atoms with Gasteiger partial charge in [-0.25, -0.2) is 22.3 Å². The Hall–Kier alpha value is -4.22. The Labute approximate surface area is 231 Å². The van der Waals surface area contributed by atoms with E-state index in [1.807, 2.05) is 0 Å². The van der Waals surface area contributed by atoms with E-state index in [1.54, 1.807) is 44.2 Å². The zero-order valence-corrected chi connectivity index (χ0v) is 23.2. The molecule has 0 fully saturated rings. The lowest BCUT2D eigenvalue weighted by Gasteiger charge is -2.15. The number of carbonyl (C=O) groups is 2. The number of esters is 1. The van der Waals surface area contributed by atoms with Gasteiger partial charge in [0.25, 0.3) is 5.91 Å². The fourth-order valence-electron chi connectivity index (χ4n) is 4.12. The Bertz CT molecular complexity index is 1640. The maximum absolute atomic E-state index is 13.5. The van der Waals surface area contributed by atoms with Crippen LogP contribution in [0.25, 0.3) is 22.3 Å². The summed E-state index contributed by atoms with van der Waals surface area (Å²) in [6.07, 6.45) is -0.285. The Balaban J connectivity index is 1.69. The van der Waals surface area contributed by atoms with Crippen molar-refractivity contribution in [2.45, 2.75) is 32.2 Å². The van der Waals surface area contributed by atoms with Gasteiger partial charge in [0.15, 0.2) is 0 Å². The van der Waals surface area contributed by atoms with E-state index in [1.165, 1.54) is 44.5 Å². The van der Waals surface area contributed by atoms with Crippen LogP contribution in [-0.4, -0.2) is 40.6 Å². The Morgan fingerprint density at radius 1 is 1.02 bits per heavy atom. The molecule has 1 aromatic heterocycles. The van der Waals surface area contributed by atoms with E-state index >= 15 is 0 Å². The number of ether oxygens (including phenoxy) is 2. The van der Waals surface area contributed by atoms with Crippen LogP contribution in [0.3, 0.4) is 0 Å². The number of fused-ring (bicyclic) bond motifs is 1. The van der Waals surface area contributed by atoms with Crippen molar-refractivity contribution in [2.75, 3.05) is 14.2 Å². The minimum atomic E-state index is -3.86. The molecule has 0 aliphatic heterocycles. The van der Waals surface area contributed by atoms with Crippen LogP contribution in [0.5, 0.6) is 5.75 Å². The van der Waals surface area contributed by atoms with Crippen molar-refractivity contribution in [3.8, 4) is 17.1 Å². The van der Waals surface area contributed by atoms with E-state index < -0.39 is 33.5 Å². The van der Waals surface area contributed by atoms with Gasteiger partial charge in [0.1, 0.15) is 22.9 Å². The third-order valence-corrected chi connectivity index (χ3v) is 7.29. The smallest absolute Gasteiger partial charge is 0.337 e. The Morgan fingerprint density at radius 3 is 2.30 bits per heavy atom. The van der Waals surface area contributed by atoms with Gasteiger partial charge in [-0.1, -0.05) is 12.1 Å². The first-order valence-electron chi connectivity index (χ1n) is 12.4. The minimum Gasteiger partial charge on any atom is -0.491 e. The van der Waals surface area contributed by atoms with Gasteiger partial charge < -0.3 is 19.2 Å². The normalized spacial score (nSPS) is 11.6. The van der Waals surface area contributed by atoms with Crippen molar-refractivity contribution < 1.29 is 36.3 Å². The average Bonchev–Trinajstić information content (AvgIpc) is 3.29. The highest BCUT2D eigenvalue weighted by atomic mass is 32.2. The molecular formula is C29H29FN2O7S. The van der Waals surface area contributed by atoms with Gasteiger partial charge in [-0.05, 0) is 67.9 Å². The number of carbonyl (C=O) groups excluding carboxylic acids is 2. The average molecular weight is 569 g/mol. The highest BCUT2D eigenvalue weighted by Crippen LogP contribution is 2.38. The number of hydrogen-bond donors (Lipinski definition) is 2. The number of furan rings is 1. The van der Waals surface area contributed by atoms with Crippen molar-refractivity contribution in [3.63, 3.8) is 0 Å². The number of amides is 1. The highest BCUT2D eigenvalue weighted by molar-refractivity contribution is 7.88. The quantitative estimate of drug-likeness (QED) is 0.264. The number of halogens is 1. The molecule has 2 N–H and O–H groups in total. The predicted octanol–water partition coefficient (Wildman–Crippen LogP) is 4.79. The molecule has 1 amide bonds. The van der Waals surface area contributed by atoms with Gasteiger partial charge in [-0.3, -0.25) is 4.79 Å². The molecule has 0 radical (unpaired) electrons. The largest absolute Gasteiger partial charge is 0.491 e. The summed E-state index contributed by atoms with van der Waals surface area (Å²) < 4.78 is 58.9. The summed E-state index contributed by atoms with van der Waals surface area (Å²) in [6.45, 7) is 3.61. The fraction of sp³-hybridized carbons (Fsp3) is 0.241. The zero-order valence-electron chi connectivity index (χ0n) is 22.4. The first-order valence-corrected chi connectivity index (χ1v) is 14.0. The fourth-order valence-corrected chi connectivity index (χ4v) is 5.25. The van der Waals surface area contributed by atoms with E-state index in [0.29, 0.717) is 27.6 Å². The van der Waals surface area contributed by atoms with Crippen LogP contribution in [0.2, 0.25) is 0 Å². The lowest BCUT2D eigenvalue weighted by Crippen LogP contribution is -2.25. The summed E-state index contributed by atoms with van der Waals surface area (Å²) in [5, 5.41) is 3.02. The summed E-state index contributed by atoms with van der Waals surface area (Å²) in [5.74, 6) is -1.26. The highest BCUT2D eigenvalue weighted by Gasteiger charge is 2.25. The van der Waals surface area contributed by atoms with Crippen LogP contribution < -0.4 is 14.8 Å². The summed E-state index contributed by atoms with van der Waals surface area (Å²) >= 11 is 0. The molecule has 40 heavy (non-hydrogen) atoms. The summed E-state index contributed by atoms with van der Waals surface area (Å²) in [5.41, 5.74) is 2.32. The molecule has 0 unspecified atom stereocenters. The molecule has 0 saturated carbocycles. The molecule has 210 valence electrons. The van der Waals surface area contributed by atoms with Crippen LogP contribution in [-0.2, 0) is 27.1 Å². The van der Waals surface area contributed by atoms with Gasteiger partial charge in [0, 0.05) is 30.1 Å². The number of sulfonamides is 1. The second kappa shape index (κ2) is 11.9. The number of hydrogen-bond acceptors (Lipinski definition) is 7. The van der Waals surface area contributed by atoms with E-state index in [-0.39, 0.29) is 35.3 Å².